The van der Waals surface area contributed by atoms with E-state index in [1.807, 2.05) is 23.9 Å². The fourth-order valence-corrected chi connectivity index (χ4v) is 3.46. The van der Waals surface area contributed by atoms with Gasteiger partial charge in [-0.15, -0.1) is 11.8 Å². The van der Waals surface area contributed by atoms with Crippen LogP contribution in [-0.4, -0.2) is 43.4 Å². The van der Waals surface area contributed by atoms with Gasteiger partial charge in [0.25, 0.3) is 6.47 Å². The molecule has 1 aromatic rings. The standard InChI is InChI=1S/C14H19BrN2OS.CH2O2/c1-18-12-6-5-11(15)10-13(12)19-9-2-4-14-16-7-3-8-17-14;2-1-3/h5-6,10H,2-4,7-9H2,1H3,(H,16,17);1H,(H,2,3). The molecule has 0 amide bonds. The Morgan fingerprint density at radius 2 is 2.32 bits per heavy atom. The summed E-state index contributed by atoms with van der Waals surface area (Å²) < 4.78 is 6.46. The molecule has 122 valence electrons. The average Bonchev–Trinajstić information content (AvgIpc) is 2.53. The van der Waals surface area contributed by atoms with E-state index in [2.05, 4.69) is 32.3 Å². The number of hydrogen-bond donors (Lipinski definition) is 2. The second kappa shape index (κ2) is 11.4. The number of benzene rings is 1. The minimum atomic E-state index is -0.250. The van der Waals surface area contributed by atoms with Crippen LogP contribution in [-0.2, 0) is 4.79 Å². The summed E-state index contributed by atoms with van der Waals surface area (Å²) in [6.07, 6.45) is 3.34. The van der Waals surface area contributed by atoms with Crippen LogP contribution in [0.15, 0.2) is 32.6 Å². The Labute approximate surface area is 143 Å². The van der Waals surface area contributed by atoms with E-state index in [0.717, 1.165) is 48.3 Å². The monoisotopic (exact) mass is 388 g/mol. The quantitative estimate of drug-likeness (QED) is 0.443. The Bertz CT molecular complexity index is 498. The first-order valence-electron chi connectivity index (χ1n) is 7.02. The number of hydrogen-bond acceptors (Lipinski definition) is 5. The molecule has 2 N–H and O–H groups in total. The third-order valence-corrected chi connectivity index (χ3v) is 4.52. The van der Waals surface area contributed by atoms with Gasteiger partial charge in [0.2, 0.25) is 0 Å². The molecule has 0 unspecified atom stereocenters. The fraction of sp³-hybridized carbons (Fsp3) is 0.467. The fourth-order valence-electron chi connectivity index (χ4n) is 1.93. The molecule has 0 spiro atoms. The minimum Gasteiger partial charge on any atom is -0.496 e. The number of aliphatic imine (C=N–C) groups is 1. The zero-order valence-corrected chi connectivity index (χ0v) is 15.0. The van der Waals surface area contributed by atoms with Crippen molar-refractivity contribution < 1.29 is 14.6 Å². The summed E-state index contributed by atoms with van der Waals surface area (Å²) in [6, 6.07) is 6.11. The molecule has 1 aliphatic heterocycles. The zero-order valence-electron chi connectivity index (χ0n) is 12.5. The Morgan fingerprint density at radius 1 is 1.55 bits per heavy atom. The lowest BCUT2D eigenvalue weighted by molar-refractivity contribution is -0.122. The molecule has 0 saturated heterocycles. The molecular formula is C15H21BrN2O3S. The lowest BCUT2D eigenvalue weighted by Crippen LogP contribution is -2.29. The molecule has 1 aromatic carbocycles. The van der Waals surface area contributed by atoms with Gasteiger partial charge in [-0.05, 0) is 36.8 Å². The summed E-state index contributed by atoms with van der Waals surface area (Å²) >= 11 is 5.34. The van der Waals surface area contributed by atoms with E-state index in [1.165, 1.54) is 10.7 Å². The van der Waals surface area contributed by atoms with Crippen LogP contribution in [0.4, 0.5) is 0 Å². The van der Waals surface area contributed by atoms with Crippen molar-refractivity contribution >= 4 is 40.0 Å². The van der Waals surface area contributed by atoms with Gasteiger partial charge in [-0.1, -0.05) is 15.9 Å². The van der Waals surface area contributed by atoms with Gasteiger partial charge in [-0.25, -0.2) is 0 Å². The minimum absolute atomic E-state index is 0.250. The number of ether oxygens (including phenoxy) is 1. The number of nitrogens with zero attached hydrogens (tertiary/aromatic N) is 1. The van der Waals surface area contributed by atoms with Crippen molar-refractivity contribution in [2.45, 2.75) is 24.2 Å². The Morgan fingerprint density at radius 3 is 2.95 bits per heavy atom. The summed E-state index contributed by atoms with van der Waals surface area (Å²) in [5, 5.41) is 10.2. The first-order valence-corrected chi connectivity index (χ1v) is 8.80. The molecule has 0 fully saturated rings. The van der Waals surface area contributed by atoms with Crippen LogP contribution in [0.1, 0.15) is 19.3 Å². The van der Waals surface area contributed by atoms with Crippen LogP contribution in [0.5, 0.6) is 5.75 Å². The van der Waals surface area contributed by atoms with Gasteiger partial charge in [-0.2, -0.15) is 0 Å². The Kier molecular flexibility index (Phi) is 9.74. The summed E-state index contributed by atoms with van der Waals surface area (Å²) in [6.45, 7) is 1.81. The first kappa shape index (κ1) is 18.8. The van der Waals surface area contributed by atoms with E-state index in [4.69, 9.17) is 14.6 Å². The van der Waals surface area contributed by atoms with E-state index in [-0.39, 0.29) is 6.47 Å². The molecule has 0 saturated carbocycles. The normalized spacial score (nSPS) is 13.3. The van der Waals surface area contributed by atoms with Crippen molar-refractivity contribution in [3.8, 4) is 5.75 Å². The van der Waals surface area contributed by atoms with Gasteiger partial charge in [0.1, 0.15) is 5.75 Å². The highest BCUT2D eigenvalue weighted by atomic mass is 79.9. The number of carboxylic acid groups (broad SMARTS) is 1. The number of carbonyl (C=O) groups is 1. The molecule has 0 bridgehead atoms. The largest absolute Gasteiger partial charge is 0.496 e. The summed E-state index contributed by atoms with van der Waals surface area (Å²) in [4.78, 5) is 14.0. The number of nitrogens with one attached hydrogen (secondary N) is 1. The molecule has 22 heavy (non-hydrogen) atoms. The Balaban J connectivity index is 0.000000745. The molecule has 7 heteroatoms. The molecule has 0 radical (unpaired) electrons. The molecular weight excluding hydrogens is 368 g/mol. The summed E-state index contributed by atoms with van der Waals surface area (Å²) in [5.74, 6) is 3.20. The predicted molar refractivity (Wildman–Crippen MR) is 94.3 cm³/mol. The SMILES string of the molecule is COc1ccc(Br)cc1SCCCC1=NCCCN1.O=CO. The number of methoxy groups -OCH3 is 1. The molecule has 0 aromatic heterocycles. The number of amidine groups is 1. The van der Waals surface area contributed by atoms with Crippen LogP contribution >= 0.6 is 27.7 Å². The van der Waals surface area contributed by atoms with E-state index in [0.29, 0.717) is 0 Å². The summed E-state index contributed by atoms with van der Waals surface area (Å²) in [5.41, 5.74) is 0. The zero-order chi connectivity index (χ0) is 16.2. The maximum atomic E-state index is 8.36. The predicted octanol–water partition coefficient (Wildman–Crippen LogP) is 3.42. The number of rotatable bonds is 6. The highest BCUT2D eigenvalue weighted by Gasteiger charge is 2.06. The molecule has 1 heterocycles. The maximum absolute atomic E-state index is 8.36. The first-order chi connectivity index (χ1) is 10.7. The van der Waals surface area contributed by atoms with Crippen LogP contribution in [0.25, 0.3) is 0 Å². The van der Waals surface area contributed by atoms with Crippen molar-refractivity contribution in [2.24, 2.45) is 4.99 Å². The average molecular weight is 389 g/mol. The number of halogens is 1. The van der Waals surface area contributed by atoms with Crippen LogP contribution in [0.2, 0.25) is 0 Å². The van der Waals surface area contributed by atoms with Crippen molar-refractivity contribution in [2.75, 3.05) is 26.0 Å². The molecule has 0 atom stereocenters. The topological polar surface area (TPSA) is 70.9 Å². The Hall–Kier alpha value is -1.21. The third kappa shape index (κ3) is 7.17. The number of thioether (sulfide) groups is 1. The van der Waals surface area contributed by atoms with E-state index >= 15 is 0 Å². The molecule has 1 aliphatic rings. The lowest BCUT2D eigenvalue weighted by atomic mass is 10.2. The van der Waals surface area contributed by atoms with E-state index in [9.17, 15) is 0 Å². The van der Waals surface area contributed by atoms with Crippen LogP contribution in [0.3, 0.4) is 0 Å². The molecule has 2 rings (SSSR count). The van der Waals surface area contributed by atoms with Crippen molar-refractivity contribution in [1.82, 2.24) is 5.32 Å². The third-order valence-electron chi connectivity index (χ3n) is 2.91. The van der Waals surface area contributed by atoms with Crippen LogP contribution < -0.4 is 10.1 Å². The second-order valence-electron chi connectivity index (χ2n) is 4.46. The van der Waals surface area contributed by atoms with Crippen molar-refractivity contribution in [3.63, 3.8) is 0 Å². The van der Waals surface area contributed by atoms with Gasteiger partial charge in [0, 0.05) is 24.0 Å². The van der Waals surface area contributed by atoms with E-state index in [1.54, 1.807) is 7.11 Å². The van der Waals surface area contributed by atoms with E-state index < -0.39 is 0 Å². The maximum Gasteiger partial charge on any atom is 0.290 e. The van der Waals surface area contributed by atoms with Crippen LogP contribution in [0, 0.1) is 0 Å². The van der Waals surface area contributed by atoms with Crippen molar-refractivity contribution in [3.05, 3.63) is 22.7 Å². The van der Waals surface area contributed by atoms with Gasteiger partial charge in [0.15, 0.2) is 0 Å². The molecule has 5 nitrogen and oxygen atoms in total. The molecule has 0 aliphatic carbocycles. The van der Waals surface area contributed by atoms with Gasteiger partial charge in [-0.3, -0.25) is 9.79 Å². The highest BCUT2D eigenvalue weighted by Crippen LogP contribution is 2.32. The van der Waals surface area contributed by atoms with Gasteiger partial charge < -0.3 is 15.2 Å². The van der Waals surface area contributed by atoms with Gasteiger partial charge >= 0.3 is 0 Å². The second-order valence-corrected chi connectivity index (χ2v) is 6.51. The van der Waals surface area contributed by atoms with Gasteiger partial charge in [0.05, 0.1) is 17.8 Å². The highest BCUT2D eigenvalue weighted by molar-refractivity contribution is 9.10. The smallest absolute Gasteiger partial charge is 0.290 e. The lowest BCUT2D eigenvalue weighted by Gasteiger charge is -2.14. The van der Waals surface area contributed by atoms with Crippen molar-refractivity contribution in [1.29, 1.82) is 0 Å². The summed E-state index contributed by atoms with van der Waals surface area (Å²) in [7, 11) is 1.72.